The average molecular weight is 598 g/mol. The topological polar surface area (TPSA) is 66.2 Å². The van der Waals surface area contributed by atoms with Gasteiger partial charge in [0, 0.05) is 47.1 Å². The van der Waals surface area contributed by atoms with Gasteiger partial charge >= 0.3 is 0 Å². The maximum Gasteiger partial charge on any atom is 0.214 e. The molecule has 0 atom stereocenters. The first kappa shape index (κ1) is 28.3. The molecule has 224 valence electrons. The highest BCUT2D eigenvalue weighted by atomic mass is 19.1. The van der Waals surface area contributed by atoms with E-state index in [4.69, 9.17) is 14.5 Å². The van der Waals surface area contributed by atoms with E-state index in [9.17, 15) is 13.6 Å². The maximum absolute atomic E-state index is 15.5. The van der Waals surface area contributed by atoms with E-state index in [1.165, 1.54) is 12.1 Å². The second kappa shape index (κ2) is 11.5. The number of pyridine rings is 1. The fourth-order valence-corrected chi connectivity index (χ4v) is 5.61. The molecule has 9 heteroatoms. The van der Waals surface area contributed by atoms with E-state index in [-0.39, 0.29) is 24.8 Å². The third-order valence-corrected chi connectivity index (χ3v) is 8.70. The van der Waals surface area contributed by atoms with Crippen LogP contribution in [0.25, 0.3) is 22.3 Å². The van der Waals surface area contributed by atoms with Crippen LogP contribution >= 0.6 is 0 Å². The standard InChI is InChI=1S/C35H30F3N3O3/c36-20-35(10-11-35)21-41-32-12-22(16-42)4-9-31(32)39-33(41)15-24-6-7-25(14-28(24)37)30-2-1-3-34(40-30)44-19-26-8-5-23(13-29(26)38)27-17-43-18-27/h1-9,12-14,16,27H,10-11,15,17-21H2. The van der Waals surface area contributed by atoms with Crippen molar-refractivity contribution in [2.45, 2.75) is 38.3 Å². The van der Waals surface area contributed by atoms with Gasteiger partial charge in [0.15, 0.2) is 0 Å². The highest BCUT2D eigenvalue weighted by molar-refractivity contribution is 5.85. The summed E-state index contributed by atoms with van der Waals surface area (Å²) in [6.07, 6.45) is 2.54. The Hall–Kier alpha value is -4.50. The van der Waals surface area contributed by atoms with Gasteiger partial charge in [-0.1, -0.05) is 30.3 Å². The molecule has 0 unspecified atom stereocenters. The largest absolute Gasteiger partial charge is 0.473 e. The van der Waals surface area contributed by atoms with Crippen molar-refractivity contribution in [1.82, 2.24) is 14.5 Å². The van der Waals surface area contributed by atoms with Gasteiger partial charge in [-0.15, -0.1) is 0 Å². The van der Waals surface area contributed by atoms with Crippen molar-refractivity contribution < 1.29 is 27.4 Å². The van der Waals surface area contributed by atoms with E-state index < -0.39 is 17.9 Å². The molecule has 44 heavy (non-hydrogen) atoms. The Balaban J connectivity index is 1.09. The summed E-state index contributed by atoms with van der Waals surface area (Å²) < 4.78 is 57.0. The maximum atomic E-state index is 15.5. The number of carbonyl (C=O) groups excluding carboxylic acids is 1. The van der Waals surface area contributed by atoms with Gasteiger partial charge in [-0.3, -0.25) is 9.18 Å². The zero-order valence-corrected chi connectivity index (χ0v) is 23.9. The summed E-state index contributed by atoms with van der Waals surface area (Å²) in [5.41, 5.74) is 4.35. The molecule has 0 bridgehead atoms. The molecule has 2 fully saturated rings. The minimum absolute atomic E-state index is 0.00999. The molecule has 1 aliphatic carbocycles. The number of carbonyl (C=O) groups is 1. The fraction of sp³-hybridized carbons (Fsp3) is 0.286. The van der Waals surface area contributed by atoms with Crippen LogP contribution in [0.2, 0.25) is 0 Å². The number of ether oxygens (including phenoxy) is 2. The van der Waals surface area contributed by atoms with Crippen LogP contribution < -0.4 is 4.74 Å². The zero-order chi connectivity index (χ0) is 30.3. The summed E-state index contributed by atoms with van der Waals surface area (Å²) in [5.74, 6) is 0.391. The zero-order valence-electron chi connectivity index (χ0n) is 23.9. The van der Waals surface area contributed by atoms with E-state index in [0.29, 0.717) is 64.9 Å². The number of benzene rings is 3. The van der Waals surface area contributed by atoms with Gasteiger partial charge in [0.1, 0.15) is 30.4 Å². The van der Waals surface area contributed by atoms with Gasteiger partial charge in [-0.2, -0.15) is 0 Å². The Morgan fingerprint density at radius 1 is 0.955 bits per heavy atom. The average Bonchev–Trinajstić information content (AvgIpc) is 3.72. The summed E-state index contributed by atoms with van der Waals surface area (Å²) in [5, 5.41) is 0. The quantitative estimate of drug-likeness (QED) is 0.150. The highest BCUT2D eigenvalue weighted by Crippen LogP contribution is 2.48. The van der Waals surface area contributed by atoms with Crippen LogP contribution in [0.5, 0.6) is 5.88 Å². The minimum atomic E-state index is -0.435. The van der Waals surface area contributed by atoms with E-state index >= 15 is 4.39 Å². The second-order valence-corrected chi connectivity index (χ2v) is 11.8. The summed E-state index contributed by atoms with van der Waals surface area (Å²) in [4.78, 5) is 20.7. The lowest BCUT2D eigenvalue weighted by Gasteiger charge is -2.26. The summed E-state index contributed by atoms with van der Waals surface area (Å²) >= 11 is 0. The third kappa shape index (κ3) is 5.59. The SMILES string of the molecule is O=Cc1ccc2nc(Cc3ccc(-c4cccc(OCc5ccc(C6COC6)cc5F)n4)cc3F)n(CC3(CF)CC3)c2c1. The molecule has 5 aromatic rings. The smallest absolute Gasteiger partial charge is 0.214 e. The monoisotopic (exact) mass is 597 g/mol. The van der Waals surface area contributed by atoms with Crippen LogP contribution in [-0.4, -0.2) is 40.7 Å². The lowest BCUT2D eigenvalue weighted by Crippen LogP contribution is -2.25. The number of hydrogen-bond acceptors (Lipinski definition) is 5. The van der Waals surface area contributed by atoms with Crippen LogP contribution in [0.15, 0.2) is 72.8 Å². The van der Waals surface area contributed by atoms with E-state index in [0.717, 1.165) is 30.2 Å². The molecule has 3 aromatic carbocycles. The Morgan fingerprint density at radius 2 is 1.77 bits per heavy atom. The number of halogens is 3. The van der Waals surface area contributed by atoms with Gasteiger partial charge < -0.3 is 14.0 Å². The molecule has 1 saturated carbocycles. The van der Waals surface area contributed by atoms with Crippen LogP contribution in [0.4, 0.5) is 13.2 Å². The Kier molecular flexibility index (Phi) is 7.42. The number of fused-ring (bicyclic) bond motifs is 1. The molecule has 6 nitrogen and oxygen atoms in total. The molecule has 3 heterocycles. The van der Waals surface area contributed by atoms with Crippen LogP contribution in [0.3, 0.4) is 0 Å². The van der Waals surface area contributed by atoms with Crippen molar-refractivity contribution in [3.05, 3.63) is 113 Å². The van der Waals surface area contributed by atoms with Crippen LogP contribution in [0.1, 0.15) is 51.6 Å². The summed E-state index contributed by atoms with van der Waals surface area (Å²) in [6.45, 7) is 1.22. The lowest BCUT2D eigenvalue weighted by atomic mass is 9.96. The fourth-order valence-electron chi connectivity index (χ4n) is 5.61. The summed E-state index contributed by atoms with van der Waals surface area (Å²) in [7, 11) is 0. The molecule has 2 aliphatic rings. The Morgan fingerprint density at radius 3 is 2.48 bits per heavy atom. The van der Waals surface area contributed by atoms with Gasteiger partial charge in [0.25, 0.3) is 0 Å². The number of nitrogens with zero attached hydrogens (tertiary/aromatic N) is 3. The predicted molar refractivity (Wildman–Crippen MR) is 159 cm³/mol. The molecule has 0 spiro atoms. The van der Waals surface area contributed by atoms with Crippen molar-refractivity contribution in [3.8, 4) is 17.1 Å². The van der Waals surface area contributed by atoms with Crippen LogP contribution in [0, 0.1) is 17.0 Å². The van der Waals surface area contributed by atoms with Crippen molar-refractivity contribution in [1.29, 1.82) is 0 Å². The first-order chi connectivity index (χ1) is 21.4. The molecule has 7 rings (SSSR count). The molecule has 0 N–H and O–H groups in total. The number of hydrogen-bond donors (Lipinski definition) is 0. The molecule has 2 aromatic heterocycles. The first-order valence-corrected chi connectivity index (χ1v) is 14.7. The van der Waals surface area contributed by atoms with Crippen LogP contribution in [-0.2, 0) is 24.3 Å². The number of rotatable bonds is 11. The lowest BCUT2D eigenvalue weighted by molar-refractivity contribution is 0.00830. The molecule has 1 aliphatic heterocycles. The molecule has 0 amide bonds. The second-order valence-electron chi connectivity index (χ2n) is 11.8. The van der Waals surface area contributed by atoms with E-state index in [2.05, 4.69) is 4.98 Å². The van der Waals surface area contributed by atoms with E-state index in [1.807, 2.05) is 10.6 Å². The van der Waals surface area contributed by atoms with Gasteiger partial charge in [0.05, 0.1) is 36.6 Å². The summed E-state index contributed by atoms with van der Waals surface area (Å²) in [6, 6.07) is 20.5. The molecule has 1 saturated heterocycles. The number of alkyl halides is 1. The Labute approximate surface area is 252 Å². The molecular formula is C35H30F3N3O3. The van der Waals surface area contributed by atoms with Crippen molar-refractivity contribution >= 4 is 17.3 Å². The van der Waals surface area contributed by atoms with Crippen molar-refractivity contribution in [2.24, 2.45) is 5.41 Å². The van der Waals surface area contributed by atoms with Gasteiger partial charge in [0.2, 0.25) is 5.88 Å². The van der Waals surface area contributed by atoms with Crippen molar-refractivity contribution in [3.63, 3.8) is 0 Å². The minimum Gasteiger partial charge on any atom is -0.473 e. The van der Waals surface area contributed by atoms with Gasteiger partial charge in [-0.25, -0.2) is 18.7 Å². The van der Waals surface area contributed by atoms with E-state index in [1.54, 1.807) is 54.6 Å². The normalized spacial score (nSPS) is 15.7. The first-order valence-electron chi connectivity index (χ1n) is 14.7. The number of aromatic nitrogens is 3. The highest BCUT2D eigenvalue weighted by Gasteiger charge is 2.43. The number of aldehydes is 1. The third-order valence-electron chi connectivity index (χ3n) is 8.70. The Bertz CT molecular complexity index is 1860. The molecular weight excluding hydrogens is 567 g/mol. The van der Waals surface area contributed by atoms with Gasteiger partial charge in [-0.05, 0) is 60.4 Å². The van der Waals surface area contributed by atoms with Crippen molar-refractivity contribution in [2.75, 3.05) is 19.9 Å². The predicted octanol–water partition coefficient (Wildman–Crippen LogP) is 7.22. The number of imidazole rings is 1. The molecule has 0 radical (unpaired) electrons.